The summed E-state index contributed by atoms with van der Waals surface area (Å²) >= 11 is 0. The number of aromatic nitrogens is 2. The van der Waals surface area contributed by atoms with Gasteiger partial charge in [-0.3, -0.25) is 9.59 Å². The van der Waals surface area contributed by atoms with Gasteiger partial charge in [0.1, 0.15) is 11.6 Å². The van der Waals surface area contributed by atoms with Gasteiger partial charge in [0.2, 0.25) is 0 Å². The number of aliphatic hydroxyl groups is 1. The van der Waals surface area contributed by atoms with E-state index in [1.165, 1.54) is 12.1 Å². The maximum absolute atomic E-state index is 13.5. The second-order valence-corrected chi connectivity index (χ2v) is 5.93. The number of benzene rings is 2. The molecule has 0 aliphatic rings. The van der Waals surface area contributed by atoms with E-state index in [9.17, 15) is 32.3 Å². The summed E-state index contributed by atoms with van der Waals surface area (Å²) in [6.07, 6.45) is -5.38. The molecule has 0 bridgehead atoms. The summed E-state index contributed by atoms with van der Waals surface area (Å²) in [6, 6.07) is 9.00. The first-order valence-corrected chi connectivity index (χ1v) is 7.94. The molecule has 10 heteroatoms. The van der Waals surface area contributed by atoms with Gasteiger partial charge in [-0.25, -0.2) is 9.37 Å². The summed E-state index contributed by atoms with van der Waals surface area (Å²) in [6.45, 7) is -0.571. The smallest absolute Gasteiger partial charge is 0.369 e. The fourth-order valence-electron chi connectivity index (χ4n) is 2.63. The number of nitrogens with one attached hydrogen (secondary N) is 2. The first kappa shape index (κ1) is 19.5. The van der Waals surface area contributed by atoms with Crippen LogP contribution in [0.2, 0.25) is 0 Å². The van der Waals surface area contributed by atoms with Crippen LogP contribution < -0.4 is 10.9 Å². The molecule has 0 radical (unpaired) electrons. The molecule has 1 heterocycles. The van der Waals surface area contributed by atoms with Crippen LogP contribution in [-0.2, 0) is 16.9 Å². The maximum Gasteiger partial charge on any atom is 0.430 e. The fourth-order valence-corrected chi connectivity index (χ4v) is 2.63. The quantitative estimate of drug-likeness (QED) is 0.590. The Kier molecular flexibility index (Phi) is 4.90. The van der Waals surface area contributed by atoms with Crippen molar-refractivity contribution < 1.29 is 27.5 Å². The van der Waals surface area contributed by atoms with Crippen molar-refractivity contribution in [1.82, 2.24) is 15.3 Å². The first-order chi connectivity index (χ1) is 13.1. The van der Waals surface area contributed by atoms with E-state index >= 15 is 0 Å². The Balaban J connectivity index is 1.89. The second-order valence-electron chi connectivity index (χ2n) is 5.93. The molecule has 0 fully saturated rings. The van der Waals surface area contributed by atoms with Crippen LogP contribution >= 0.6 is 0 Å². The van der Waals surface area contributed by atoms with Crippen LogP contribution in [0.4, 0.5) is 17.6 Å². The van der Waals surface area contributed by atoms with E-state index in [2.05, 4.69) is 9.97 Å². The molecule has 3 N–H and O–H groups in total. The highest BCUT2D eigenvalue weighted by Gasteiger charge is 2.60. The summed E-state index contributed by atoms with van der Waals surface area (Å²) < 4.78 is 53.4. The normalized spacial score (nSPS) is 13.9. The molecule has 0 saturated carbocycles. The van der Waals surface area contributed by atoms with Crippen LogP contribution in [0.5, 0.6) is 0 Å². The van der Waals surface area contributed by atoms with Crippen LogP contribution in [0, 0.1) is 5.82 Å². The number of rotatable bonds is 4. The average Bonchev–Trinajstić information content (AvgIpc) is 2.65. The lowest BCUT2D eigenvalue weighted by atomic mass is 9.92. The van der Waals surface area contributed by atoms with Crippen LogP contribution in [0.15, 0.2) is 53.3 Å². The lowest BCUT2D eigenvalue weighted by Crippen LogP contribution is -2.54. The number of amides is 1. The number of halogens is 4. The molecule has 2 aromatic carbocycles. The highest BCUT2D eigenvalue weighted by Crippen LogP contribution is 2.39. The van der Waals surface area contributed by atoms with Crippen molar-refractivity contribution >= 4 is 16.8 Å². The minimum Gasteiger partial charge on any atom is -0.369 e. The number of H-pyrrole nitrogens is 1. The Labute approximate surface area is 154 Å². The third-order valence-corrected chi connectivity index (χ3v) is 4.08. The zero-order valence-corrected chi connectivity index (χ0v) is 14.0. The van der Waals surface area contributed by atoms with Crippen LogP contribution in [0.3, 0.4) is 0 Å². The average molecular weight is 395 g/mol. The maximum atomic E-state index is 13.5. The summed E-state index contributed by atoms with van der Waals surface area (Å²) in [5.74, 6) is -2.71. The zero-order chi connectivity index (χ0) is 20.5. The monoisotopic (exact) mass is 395 g/mol. The van der Waals surface area contributed by atoms with Crippen LogP contribution in [-0.4, -0.2) is 27.2 Å². The molecule has 0 unspecified atom stereocenters. The zero-order valence-electron chi connectivity index (χ0n) is 14.0. The number of alkyl halides is 3. The second kappa shape index (κ2) is 7.04. The van der Waals surface area contributed by atoms with E-state index in [-0.39, 0.29) is 11.2 Å². The standard InChI is InChI=1S/C18H13F4N3O3/c19-11-7-5-10(6-8-11)17(28,18(20,21)22)16(27)23-9-14-24-13-4-2-1-3-12(13)15(26)25-14/h1-8,28H,9H2,(H,23,27)(H,24,25,26)/t17-/m0/s1. The number of carbonyl (C=O) groups excluding carboxylic acids is 1. The minimum absolute atomic E-state index is 0.0966. The molecule has 3 aromatic rings. The lowest BCUT2D eigenvalue weighted by molar-refractivity contribution is -0.257. The summed E-state index contributed by atoms with van der Waals surface area (Å²) in [5.41, 5.74) is -4.99. The molecule has 146 valence electrons. The predicted octanol–water partition coefficient (Wildman–Crippen LogP) is 2.13. The van der Waals surface area contributed by atoms with Gasteiger partial charge in [-0.2, -0.15) is 13.2 Å². The van der Waals surface area contributed by atoms with Gasteiger partial charge in [0.15, 0.2) is 0 Å². The van der Waals surface area contributed by atoms with Crippen molar-refractivity contribution in [2.45, 2.75) is 18.3 Å². The van der Waals surface area contributed by atoms with Gasteiger partial charge < -0.3 is 15.4 Å². The molecule has 6 nitrogen and oxygen atoms in total. The number of hydrogen-bond acceptors (Lipinski definition) is 4. The topological polar surface area (TPSA) is 95.1 Å². The van der Waals surface area contributed by atoms with E-state index in [4.69, 9.17) is 0 Å². The summed E-state index contributed by atoms with van der Waals surface area (Å²) in [4.78, 5) is 30.6. The third kappa shape index (κ3) is 3.46. The number of carbonyl (C=O) groups is 1. The molecule has 0 aliphatic heterocycles. The number of aromatic amines is 1. The van der Waals surface area contributed by atoms with Gasteiger partial charge in [0, 0.05) is 5.56 Å². The van der Waals surface area contributed by atoms with Gasteiger partial charge in [-0.05, 0) is 24.3 Å². The van der Waals surface area contributed by atoms with Crippen LogP contribution in [0.25, 0.3) is 10.9 Å². The Hall–Kier alpha value is -3.27. The Morgan fingerprint density at radius 2 is 1.75 bits per heavy atom. The van der Waals surface area contributed by atoms with Crippen molar-refractivity contribution in [2.24, 2.45) is 0 Å². The SMILES string of the molecule is O=C(NCc1nc2ccccc2c(=O)[nH]1)[C@@](O)(c1ccc(F)cc1)C(F)(F)F. The van der Waals surface area contributed by atoms with Gasteiger partial charge in [0.25, 0.3) is 17.1 Å². The van der Waals surface area contributed by atoms with Crippen molar-refractivity contribution in [3.05, 3.63) is 76.1 Å². The van der Waals surface area contributed by atoms with E-state index in [0.29, 0.717) is 29.8 Å². The number of hydrogen-bond donors (Lipinski definition) is 3. The van der Waals surface area contributed by atoms with Gasteiger partial charge in [0.05, 0.1) is 17.4 Å². The van der Waals surface area contributed by atoms with E-state index < -0.39 is 41.2 Å². The molecule has 28 heavy (non-hydrogen) atoms. The molecular formula is C18H13F4N3O3. The minimum atomic E-state index is -5.38. The van der Waals surface area contributed by atoms with Crippen molar-refractivity contribution in [3.8, 4) is 0 Å². The highest BCUT2D eigenvalue weighted by atomic mass is 19.4. The molecule has 1 atom stereocenters. The van der Waals surface area contributed by atoms with E-state index in [0.717, 1.165) is 0 Å². The Morgan fingerprint density at radius 1 is 1.11 bits per heavy atom. The van der Waals surface area contributed by atoms with Crippen molar-refractivity contribution in [3.63, 3.8) is 0 Å². The molecular weight excluding hydrogens is 382 g/mol. The predicted molar refractivity (Wildman–Crippen MR) is 90.6 cm³/mol. The number of nitrogens with zero attached hydrogens (tertiary/aromatic N) is 1. The Bertz CT molecular complexity index is 1080. The molecule has 0 spiro atoms. The molecule has 1 amide bonds. The van der Waals surface area contributed by atoms with Crippen LogP contribution in [0.1, 0.15) is 11.4 Å². The van der Waals surface area contributed by atoms with Gasteiger partial charge in [-0.15, -0.1) is 0 Å². The fraction of sp³-hybridized carbons (Fsp3) is 0.167. The van der Waals surface area contributed by atoms with E-state index in [1.807, 2.05) is 5.32 Å². The lowest BCUT2D eigenvalue weighted by Gasteiger charge is -2.29. The number of fused-ring (bicyclic) bond motifs is 1. The van der Waals surface area contributed by atoms with Crippen molar-refractivity contribution in [2.75, 3.05) is 0 Å². The molecule has 0 aliphatic carbocycles. The van der Waals surface area contributed by atoms with Crippen molar-refractivity contribution in [1.29, 1.82) is 0 Å². The summed E-state index contributed by atoms with van der Waals surface area (Å²) in [5, 5.41) is 12.3. The first-order valence-electron chi connectivity index (χ1n) is 7.94. The van der Waals surface area contributed by atoms with E-state index in [1.54, 1.807) is 12.1 Å². The molecule has 0 saturated heterocycles. The Morgan fingerprint density at radius 3 is 2.39 bits per heavy atom. The van der Waals surface area contributed by atoms with Gasteiger partial charge >= 0.3 is 6.18 Å². The van der Waals surface area contributed by atoms with Gasteiger partial charge in [-0.1, -0.05) is 24.3 Å². The largest absolute Gasteiger partial charge is 0.430 e. The third-order valence-electron chi connectivity index (χ3n) is 4.08. The molecule has 3 rings (SSSR count). The summed E-state index contributed by atoms with van der Waals surface area (Å²) in [7, 11) is 0. The number of para-hydroxylation sites is 1. The highest BCUT2D eigenvalue weighted by molar-refractivity contribution is 5.87. The molecule has 1 aromatic heterocycles.